The van der Waals surface area contributed by atoms with E-state index in [0.29, 0.717) is 5.75 Å². The van der Waals surface area contributed by atoms with Gasteiger partial charge in [0.15, 0.2) is 0 Å². The molecule has 7 N–H and O–H groups in total. The highest BCUT2D eigenvalue weighted by atomic mass is 32.2. The molecular formula is C18H26N4O5S. The number of carboxylic acids is 1. The Kier molecular flexibility index (Phi) is 10.0. The van der Waals surface area contributed by atoms with Crippen molar-refractivity contribution in [1.82, 2.24) is 10.6 Å². The number of aliphatic carboxylic acids is 1. The Balaban J connectivity index is 2.81. The number of hydrogen-bond acceptors (Lipinski definition) is 6. The number of carbonyl (C=O) groups excluding carboxylic acids is 3. The summed E-state index contributed by atoms with van der Waals surface area (Å²) in [6, 6.07) is 5.58. The molecule has 3 amide bonds. The van der Waals surface area contributed by atoms with Gasteiger partial charge in [-0.1, -0.05) is 30.3 Å². The van der Waals surface area contributed by atoms with E-state index in [1.807, 2.05) is 6.26 Å². The lowest BCUT2D eigenvalue weighted by Crippen LogP contribution is -2.55. The number of rotatable bonds is 12. The number of nitrogens with one attached hydrogen (secondary N) is 2. The molecule has 0 aliphatic rings. The summed E-state index contributed by atoms with van der Waals surface area (Å²) in [7, 11) is 0. The smallest absolute Gasteiger partial charge is 0.326 e. The van der Waals surface area contributed by atoms with E-state index in [0.717, 1.165) is 5.56 Å². The van der Waals surface area contributed by atoms with Crippen LogP contribution in [-0.2, 0) is 25.6 Å². The van der Waals surface area contributed by atoms with Crippen LogP contribution in [0, 0.1) is 0 Å². The summed E-state index contributed by atoms with van der Waals surface area (Å²) in [4.78, 5) is 47.2. The standard InChI is InChI=1S/C18H26N4O5S/c1-28-8-7-13(21-16(24)12(19)10-15(20)23)17(25)22-14(18(26)27)9-11-5-3-2-4-6-11/h2-6,12-14H,7-10,19H2,1H3,(H2,20,23)(H,21,24)(H,22,25)(H,26,27). The minimum absolute atomic E-state index is 0.103. The molecule has 0 aliphatic heterocycles. The van der Waals surface area contributed by atoms with Crippen LogP contribution in [0.4, 0.5) is 0 Å². The molecule has 0 saturated heterocycles. The summed E-state index contributed by atoms with van der Waals surface area (Å²) in [5.74, 6) is -2.69. The van der Waals surface area contributed by atoms with E-state index in [1.54, 1.807) is 30.3 Å². The van der Waals surface area contributed by atoms with Gasteiger partial charge in [-0.05, 0) is 24.0 Å². The molecule has 1 rings (SSSR count). The summed E-state index contributed by atoms with van der Waals surface area (Å²) >= 11 is 1.47. The monoisotopic (exact) mass is 410 g/mol. The van der Waals surface area contributed by atoms with Gasteiger partial charge in [0.1, 0.15) is 12.1 Å². The van der Waals surface area contributed by atoms with Crippen LogP contribution in [0.5, 0.6) is 0 Å². The van der Waals surface area contributed by atoms with Gasteiger partial charge in [0, 0.05) is 6.42 Å². The van der Waals surface area contributed by atoms with Crippen molar-refractivity contribution >= 4 is 35.5 Å². The summed E-state index contributed by atoms with van der Waals surface area (Å²) in [6.45, 7) is 0. The molecule has 10 heteroatoms. The van der Waals surface area contributed by atoms with Crippen LogP contribution >= 0.6 is 11.8 Å². The Morgan fingerprint density at radius 2 is 1.68 bits per heavy atom. The van der Waals surface area contributed by atoms with E-state index in [9.17, 15) is 24.3 Å². The molecule has 0 saturated carbocycles. The molecule has 0 aliphatic carbocycles. The minimum Gasteiger partial charge on any atom is -0.480 e. The molecule has 0 heterocycles. The van der Waals surface area contributed by atoms with E-state index in [-0.39, 0.29) is 19.3 Å². The van der Waals surface area contributed by atoms with Gasteiger partial charge in [0.2, 0.25) is 17.7 Å². The van der Waals surface area contributed by atoms with Crippen molar-refractivity contribution in [2.45, 2.75) is 37.4 Å². The third-order valence-corrected chi connectivity index (χ3v) is 4.54. The number of hydrogen-bond donors (Lipinski definition) is 5. The summed E-state index contributed by atoms with van der Waals surface area (Å²) in [5, 5.41) is 14.4. The number of carbonyl (C=O) groups is 4. The fourth-order valence-electron chi connectivity index (χ4n) is 2.41. The van der Waals surface area contributed by atoms with Crippen LogP contribution < -0.4 is 22.1 Å². The molecule has 0 fully saturated rings. The quantitative estimate of drug-likeness (QED) is 0.302. The van der Waals surface area contributed by atoms with Gasteiger partial charge in [0.05, 0.1) is 12.5 Å². The van der Waals surface area contributed by atoms with Crippen molar-refractivity contribution in [1.29, 1.82) is 0 Å². The first kappa shape index (κ1) is 23.4. The molecule has 3 atom stereocenters. The molecule has 0 bridgehead atoms. The predicted molar refractivity (Wildman–Crippen MR) is 106 cm³/mol. The first-order valence-electron chi connectivity index (χ1n) is 8.64. The van der Waals surface area contributed by atoms with Crippen LogP contribution in [0.1, 0.15) is 18.4 Å². The first-order chi connectivity index (χ1) is 13.2. The van der Waals surface area contributed by atoms with Crippen molar-refractivity contribution < 1.29 is 24.3 Å². The lowest BCUT2D eigenvalue weighted by molar-refractivity contribution is -0.142. The molecule has 0 radical (unpaired) electrons. The summed E-state index contributed by atoms with van der Waals surface area (Å²) < 4.78 is 0. The van der Waals surface area contributed by atoms with Crippen LogP contribution in [-0.4, -0.2) is 58.9 Å². The number of benzene rings is 1. The maximum atomic E-state index is 12.6. The Morgan fingerprint density at radius 1 is 1.07 bits per heavy atom. The van der Waals surface area contributed by atoms with Gasteiger partial charge in [-0.2, -0.15) is 11.8 Å². The first-order valence-corrected chi connectivity index (χ1v) is 10.0. The van der Waals surface area contributed by atoms with Crippen LogP contribution in [0.2, 0.25) is 0 Å². The maximum Gasteiger partial charge on any atom is 0.326 e. The average molecular weight is 410 g/mol. The SMILES string of the molecule is CSCCC(NC(=O)C(N)CC(N)=O)C(=O)NC(Cc1ccccc1)C(=O)O. The zero-order chi connectivity index (χ0) is 21.1. The third-order valence-electron chi connectivity index (χ3n) is 3.90. The second-order valence-corrected chi connectivity index (χ2v) is 7.19. The zero-order valence-corrected chi connectivity index (χ0v) is 16.4. The fourth-order valence-corrected chi connectivity index (χ4v) is 2.89. The van der Waals surface area contributed by atoms with Crippen molar-refractivity contribution in [2.75, 3.05) is 12.0 Å². The van der Waals surface area contributed by atoms with Gasteiger partial charge in [-0.25, -0.2) is 4.79 Å². The highest BCUT2D eigenvalue weighted by molar-refractivity contribution is 7.98. The molecular weight excluding hydrogens is 384 g/mol. The van der Waals surface area contributed by atoms with E-state index < -0.39 is 41.8 Å². The summed E-state index contributed by atoms with van der Waals surface area (Å²) in [6.07, 6.45) is 1.87. The Bertz CT molecular complexity index is 686. The normalized spacial score (nSPS) is 13.8. The zero-order valence-electron chi connectivity index (χ0n) is 15.6. The number of amides is 3. The maximum absolute atomic E-state index is 12.6. The number of thioether (sulfide) groups is 1. The third kappa shape index (κ3) is 8.40. The molecule has 0 spiro atoms. The molecule has 154 valence electrons. The highest BCUT2D eigenvalue weighted by Crippen LogP contribution is 2.06. The van der Waals surface area contributed by atoms with Gasteiger partial charge in [0.25, 0.3) is 0 Å². The minimum atomic E-state index is -1.18. The van der Waals surface area contributed by atoms with Gasteiger partial charge in [-0.15, -0.1) is 0 Å². The number of primary amides is 1. The molecule has 28 heavy (non-hydrogen) atoms. The van der Waals surface area contributed by atoms with Crippen molar-refractivity contribution in [3.05, 3.63) is 35.9 Å². The topological polar surface area (TPSA) is 165 Å². The van der Waals surface area contributed by atoms with Crippen molar-refractivity contribution in [2.24, 2.45) is 11.5 Å². The van der Waals surface area contributed by atoms with E-state index in [2.05, 4.69) is 10.6 Å². The van der Waals surface area contributed by atoms with Gasteiger partial charge in [-0.3, -0.25) is 14.4 Å². The van der Waals surface area contributed by atoms with Crippen molar-refractivity contribution in [3.63, 3.8) is 0 Å². The molecule has 9 nitrogen and oxygen atoms in total. The van der Waals surface area contributed by atoms with E-state index >= 15 is 0 Å². The van der Waals surface area contributed by atoms with Crippen molar-refractivity contribution in [3.8, 4) is 0 Å². The average Bonchev–Trinajstić information content (AvgIpc) is 2.64. The Morgan fingerprint density at radius 3 is 2.21 bits per heavy atom. The lowest BCUT2D eigenvalue weighted by atomic mass is 10.1. The fraction of sp³-hybridized carbons (Fsp3) is 0.444. The second kappa shape index (κ2) is 12.0. The predicted octanol–water partition coefficient (Wildman–Crippen LogP) is -0.761. The highest BCUT2D eigenvalue weighted by Gasteiger charge is 2.28. The van der Waals surface area contributed by atoms with Crippen LogP contribution in [0.15, 0.2) is 30.3 Å². The van der Waals surface area contributed by atoms with Crippen LogP contribution in [0.3, 0.4) is 0 Å². The molecule has 3 unspecified atom stereocenters. The van der Waals surface area contributed by atoms with E-state index in [1.165, 1.54) is 11.8 Å². The van der Waals surface area contributed by atoms with E-state index in [4.69, 9.17) is 11.5 Å². The Labute approximate surface area is 167 Å². The largest absolute Gasteiger partial charge is 0.480 e. The van der Waals surface area contributed by atoms with Crippen LogP contribution in [0.25, 0.3) is 0 Å². The molecule has 1 aromatic carbocycles. The Hall–Kier alpha value is -2.59. The number of carboxylic acid groups (broad SMARTS) is 1. The van der Waals surface area contributed by atoms with Gasteiger partial charge < -0.3 is 27.2 Å². The van der Waals surface area contributed by atoms with Gasteiger partial charge >= 0.3 is 5.97 Å². The number of nitrogens with two attached hydrogens (primary N) is 2. The summed E-state index contributed by atoms with van der Waals surface area (Å²) in [5.41, 5.74) is 11.4. The molecule has 1 aromatic rings. The molecule has 0 aromatic heterocycles. The second-order valence-electron chi connectivity index (χ2n) is 6.21. The lowest BCUT2D eigenvalue weighted by Gasteiger charge is -2.22.